The van der Waals surface area contributed by atoms with Crippen molar-refractivity contribution in [2.75, 3.05) is 0 Å². The molecule has 3 rings (SSSR count). The minimum atomic E-state index is -0.156. The molecule has 2 aromatic heterocycles. The van der Waals surface area contributed by atoms with Crippen molar-refractivity contribution in [1.29, 1.82) is 0 Å². The van der Waals surface area contributed by atoms with Crippen LogP contribution in [0.25, 0.3) is 11.0 Å². The first kappa shape index (κ1) is 17.4. The number of hydrogen-bond acceptors (Lipinski definition) is 3. The van der Waals surface area contributed by atoms with E-state index in [1.54, 1.807) is 6.20 Å². The number of pyridine rings is 1. The van der Waals surface area contributed by atoms with Gasteiger partial charge in [-0.1, -0.05) is 23.7 Å². The first-order chi connectivity index (χ1) is 11.9. The first-order valence-electron chi connectivity index (χ1n) is 8.28. The van der Waals surface area contributed by atoms with Crippen molar-refractivity contribution < 1.29 is 4.79 Å². The number of aromatic nitrogens is 3. The van der Waals surface area contributed by atoms with Crippen LogP contribution in [0.3, 0.4) is 0 Å². The van der Waals surface area contributed by atoms with Gasteiger partial charge in [0, 0.05) is 16.5 Å². The quantitative estimate of drug-likeness (QED) is 0.750. The van der Waals surface area contributed by atoms with E-state index in [9.17, 15) is 4.79 Å². The summed E-state index contributed by atoms with van der Waals surface area (Å²) >= 11 is 6.03. The summed E-state index contributed by atoms with van der Waals surface area (Å²) in [4.78, 5) is 17.3. The lowest BCUT2D eigenvalue weighted by Crippen LogP contribution is -2.27. The molecule has 0 bridgehead atoms. The van der Waals surface area contributed by atoms with E-state index in [0.717, 1.165) is 16.6 Å². The molecule has 1 N–H and O–H groups in total. The van der Waals surface area contributed by atoms with Crippen LogP contribution in [0, 0.1) is 6.92 Å². The summed E-state index contributed by atoms with van der Waals surface area (Å²) in [7, 11) is 0. The lowest BCUT2D eigenvalue weighted by Gasteiger charge is -2.16. The van der Waals surface area contributed by atoms with Gasteiger partial charge in [0.25, 0.3) is 5.91 Å². The Morgan fingerprint density at radius 2 is 2.00 bits per heavy atom. The molecule has 6 heteroatoms. The summed E-state index contributed by atoms with van der Waals surface area (Å²) in [6, 6.07) is 9.40. The van der Waals surface area contributed by atoms with E-state index in [1.807, 2.05) is 48.9 Å². The highest BCUT2D eigenvalue weighted by Gasteiger charge is 2.17. The molecule has 0 saturated heterocycles. The molecule has 2 heterocycles. The van der Waals surface area contributed by atoms with Crippen LogP contribution in [-0.2, 0) is 0 Å². The molecule has 1 amide bonds. The summed E-state index contributed by atoms with van der Waals surface area (Å²) in [5, 5.41) is 8.89. The highest BCUT2D eigenvalue weighted by molar-refractivity contribution is 6.30. The van der Waals surface area contributed by atoms with E-state index in [-0.39, 0.29) is 18.0 Å². The largest absolute Gasteiger partial charge is 0.345 e. The number of carbonyl (C=O) groups is 1. The van der Waals surface area contributed by atoms with Crippen LogP contribution in [0.1, 0.15) is 54.5 Å². The molecule has 0 unspecified atom stereocenters. The third-order valence-electron chi connectivity index (χ3n) is 4.19. The zero-order chi connectivity index (χ0) is 18.1. The minimum Gasteiger partial charge on any atom is -0.345 e. The molecular weight excluding hydrogens is 336 g/mol. The van der Waals surface area contributed by atoms with Crippen LogP contribution in [0.2, 0.25) is 5.02 Å². The normalized spacial score (nSPS) is 12.6. The van der Waals surface area contributed by atoms with E-state index in [1.165, 1.54) is 0 Å². The van der Waals surface area contributed by atoms with Gasteiger partial charge < -0.3 is 5.32 Å². The molecule has 0 radical (unpaired) electrons. The molecule has 3 aromatic rings. The Bertz CT molecular complexity index is 932. The molecule has 5 nitrogen and oxygen atoms in total. The third-order valence-corrected chi connectivity index (χ3v) is 4.42. The summed E-state index contributed by atoms with van der Waals surface area (Å²) in [5.41, 5.74) is 3.00. The molecule has 0 fully saturated rings. The zero-order valence-electron chi connectivity index (χ0n) is 14.7. The minimum absolute atomic E-state index is 0.153. The number of carbonyl (C=O) groups excluding carboxylic acids is 1. The van der Waals surface area contributed by atoms with Gasteiger partial charge in [-0.05, 0) is 51.5 Å². The number of fused-ring (bicyclic) bond motifs is 1. The van der Waals surface area contributed by atoms with Crippen molar-refractivity contribution in [3.63, 3.8) is 0 Å². The Hall–Kier alpha value is -2.40. The standard InChI is InChI=1S/C19H21ClN4O/c1-11(2)24-18-15(10-21-24)9-17(13(4)22-18)19(25)23-12(3)14-6-5-7-16(20)8-14/h5-12H,1-4H3,(H,23,25)/t12-/m0/s1. The van der Waals surface area contributed by atoms with E-state index in [2.05, 4.69) is 29.2 Å². The summed E-state index contributed by atoms with van der Waals surface area (Å²) in [6.07, 6.45) is 1.75. The number of nitrogens with one attached hydrogen (secondary N) is 1. The van der Waals surface area contributed by atoms with Gasteiger partial charge in [-0.3, -0.25) is 4.79 Å². The van der Waals surface area contributed by atoms with Gasteiger partial charge in [0.2, 0.25) is 0 Å². The molecule has 0 saturated carbocycles. The topological polar surface area (TPSA) is 59.8 Å². The Balaban J connectivity index is 1.88. The lowest BCUT2D eigenvalue weighted by atomic mass is 10.1. The predicted molar refractivity (Wildman–Crippen MR) is 100.0 cm³/mol. The number of nitrogens with zero attached hydrogens (tertiary/aromatic N) is 3. The van der Waals surface area contributed by atoms with Crippen molar-refractivity contribution in [1.82, 2.24) is 20.1 Å². The third kappa shape index (κ3) is 3.51. The molecule has 1 aromatic carbocycles. The molecule has 0 spiro atoms. The fraction of sp³-hybridized carbons (Fsp3) is 0.316. The van der Waals surface area contributed by atoms with Crippen LogP contribution in [-0.4, -0.2) is 20.7 Å². The lowest BCUT2D eigenvalue weighted by molar-refractivity contribution is 0.0939. The smallest absolute Gasteiger partial charge is 0.253 e. The molecule has 0 aliphatic rings. The van der Waals surface area contributed by atoms with Gasteiger partial charge in [0.1, 0.15) is 0 Å². The zero-order valence-corrected chi connectivity index (χ0v) is 15.5. The van der Waals surface area contributed by atoms with Crippen LogP contribution < -0.4 is 5.32 Å². The van der Waals surface area contributed by atoms with Gasteiger partial charge >= 0.3 is 0 Å². The molecule has 130 valence electrons. The van der Waals surface area contributed by atoms with Crippen LogP contribution in [0.15, 0.2) is 36.5 Å². The molecule has 0 aliphatic carbocycles. The van der Waals surface area contributed by atoms with Crippen LogP contribution >= 0.6 is 11.6 Å². The number of benzene rings is 1. The molecule has 1 atom stereocenters. The summed E-state index contributed by atoms with van der Waals surface area (Å²) < 4.78 is 1.86. The van der Waals surface area contributed by atoms with Gasteiger partial charge in [-0.2, -0.15) is 5.10 Å². The average molecular weight is 357 g/mol. The van der Waals surface area contributed by atoms with Gasteiger partial charge in [-0.25, -0.2) is 9.67 Å². The van der Waals surface area contributed by atoms with Crippen LogP contribution in [0.5, 0.6) is 0 Å². The number of aryl methyl sites for hydroxylation is 1. The molecule has 25 heavy (non-hydrogen) atoms. The van der Waals surface area contributed by atoms with Crippen LogP contribution in [0.4, 0.5) is 0 Å². The molecule has 0 aliphatic heterocycles. The predicted octanol–water partition coefficient (Wildman–Crippen LogP) is 4.47. The second kappa shape index (κ2) is 6.84. The highest BCUT2D eigenvalue weighted by atomic mass is 35.5. The summed E-state index contributed by atoms with van der Waals surface area (Å²) in [5.74, 6) is -0.156. The average Bonchev–Trinajstić information content (AvgIpc) is 2.96. The van der Waals surface area contributed by atoms with E-state index >= 15 is 0 Å². The summed E-state index contributed by atoms with van der Waals surface area (Å²) in [6.45, 7) is 7.88. The van der Waals surface area contributed by atoms with E-state index in [0.29, 0.717) is 16.3 Å². The van der Waals surface area contributed by atoms with Crippen molar-refractivity contribution in [3.8, 4) is 0 Å². The monoisotopic (exact) mass is 356 g/mol. The van der Waals surface area contributed by atoms with Crippen molar-refractivity contribution in [2.24, 2.45) is 0 Å². The van der Waals surface area contributed by atoms with Gasteiger partial charge in [0.05, 0.1) is 23.5 Å². The fourth-order valence-corrected chi connectivity index (χ4v) is 3.01. The Kier molecular flexibility index (Phi) is 4.77. The Morgan fingerprint density at radius 3 is 2.68 bits per heavy atom. The maximum absolute atomic E-state index is 12.7. The maximum Gasteiger partial charge on any atom is 0.253 e. The van der Waals surface area contributed by atoms with Crippen molar-refractivity contribution in [2.45, 2.75) is 39.8 Å². The Morgan fingerprint density at radius 1 is 1.24 bits per heavy atom. The maximum atomic E-state index is 12.7. The number of rotatable bonds is 4. The van der Waals surface area contributed by atoms with E-state index in [4.69, 9.17) is 11.6 Å². The first-order valence-corrected chi connectivity index (χ1v) is 8.66. The van der Waals surface area contributed by atoms with Crippen molar-refractivity contribution in [3.05, 3.63) is 58.4 Å². The fourth-order valence-electron chi connectivity index (χ4n) is 2.81. The number of halogens is 1. The highest BCUT2D eigenvalue weighted by Crippen LogP contribution is 2.21. The van der Waals surface area contributed by atoms with Crippen molar-refractivity contribution >= 4 is 28.5 Å². The Labute approximate surface area is 152 Å². The van der Waals surface area contributed by atoms with Gasteiger partial charge in [-0.15, -0.1) is 0 Å². The number of hydrogen-bond donors (Lipinski definition) is 1. The second-order valence-electron chi connectivity index (χ2n) is 6.47. The number of amides is 1. The van der Waals surface area contributed by atoms with E-state index < -0.39 is 0 Å². The van der Waals surface area contributed by atoms with Gasteiger partial charge in [0.15, 0.2) is 5.65 Å². The second-order valence-corrected chi connectivity index (χ2v) is 6.90. The SMILES string of the molecule is Cc1nc2c(cnn2C(C)C)cc1C(=O)N[C@@H](C)c1cccc(Cl)c1. The molecular formula is C19H21ClN4O.